The maximum Gasteiger partial charge on any atom is 0.327 e. The van der Waals surface area contributed by atoms with Crippen molar-refractivity contribution in [3.8, 4) is 0 Å². The highest BCUT2D eigenvalue weighted by atomic mass is 32.1. The Balaban J connectivity index is 2.11. The van der Waals surface area contributed by atoms with Crippen molar-refractivity contribution in [3.05, 3.63) is 54.1 Å². The van der Waals surface area contributed by atoms with E-state index in [1.54, 1.807) is 30.5 Å². The molecule has 1 heterocycles. The molecule has 4 atom stereocenters. The number of carboxylic acid groups (broad SMARTS) is 1. The van der Waals surface area contributed by atoms with Crippen LogP contribution in [0.25, 0.3) is 0 Å². The summed E-state index contributed by atoms with van der Waals surface area (Å²) in [6.07, 6.45) is 3.35. The molecule has 11 nitrogen and oxygen atoms in total. The number of hydrogen-bond donors (Lipinski definition) is 8. The van der Waals surface area contributed by atoms with Crippen molar-refractivity contribution in [3.63, 3.8) is 0 Å². The lowest BCUT2D eigenvalue weighted by molar-refractivity contribution is -0.141. The first-order chi connectivity index (χ1) is 16.2. The summed E-state index contributed by atoms with van der Waals surface area (Å²) in [5, 5.41) is 16.6. The van der Waals surface area contributed by atoms with Gasteiger partial charge in [-0.1, -0.05) is 30.3 Å². The fourth-order valence-electron chi connectivity index (χ4n) is 2.99. The molecule has 13 heteroatoms. The van der Waals surface area contributed by atoms with Crippen molar-refractivity contribution >= 4 is 48.9 Å². The molecule has 2 rings (SSSR count). The van der Waals surface area contributed by atoms with Crippen molar-refractivity contribution < 1.29 is 24.3 Å². The maximum absolute atomic E-state index is 13.1. The first-order valence-electron chi connectivity index (χ1n) is 10.4. The second-order valence-electron chi connectivity index (χ2n) is 7.46. The molecule has 0 spiro atoms. The molecule has 0 aliphatic heterocycles. The van der Waals surface area contributed by atoms with Crippen molar-refractivity contribution in [1.29, 1.82) is 0 Å². The van der Waals surface area contributed by atoms with Gasteiger partial charge in [0, 0.05) is 36.2 Å². The molecule has 4 unspecified atom stereocenters. The van der Waals surface area contributed by atoms with Gasteiger partial charge in [0.25, 0.3) is 0 Å². The second-order valence-corrected chi connectivity index (χ2v) is 8.19. The van der Waals surface area contributed by atoms with Crippen LogP contribution in [-0.2, 0) is 32.0 Å². The first kappa shape index (κ1) is 27.2. The Labute approximate surface area is 207 Å². The van der Waals surface area contributed by atoms with Crippen LogP contribution in [0.1, 0.15) is 11.3 Å². The zero-order valence-electron chi connectivity index (χ0n) is 18.2. The number of aliphatic carboxylic acids is 1. The Morgan fingerprint density at radius 1 is 0.912 bits per heavy atom. The summed E-state index contributed by atoms with van der Waals surface area (Å²) in [6.45, 7) is 0. The molecule has 0 fully saturated rings. The number of carbonyl (C=O) groups is 4. The Hall–Kier alpha value is -3.03. The molecular formula is C21H28N6O5S2. The number of aromatic amines is 1. The van der Waals surface area contributed by atoms with Gasteiger partial charge in [-0.3, -0.25) is 14.4 Å². The Bertz CT molecular complexity index is 960. The number of amides is 3. The van der Waals surface area contributed by atoms with Crippen LogP contribution in [0.15, 0.2) is 42.9 Å². The standard InChI is InChI=1S/C21H28N6O5S2/c22-14(7-13-8-23-11-24-13)18(28)25-15(6-12-4-2-1-3-5-12)19(29)26-16(9-33)20(30)27-17(10-34)21(31)32/h1-5,8,11,14-17,33-34H,6-7,9-10,22H2,(H,23,24)(H,25,28)(H,26,29)(H,27,30)(H,31,32). The SMILES string of the molecule is NC(Cc1cnc[nH]1)C(=O)NC(Cc1ccccc1)C(=O)NC(CS)C(=O)NC(CS)C(=O)O. The average Bonchev–Trinajstić information content (AvgIpc) is 3.33. The highest BCUT2D eigenvalue weighted by Gasteiger charge is 2.29. The van der Waals surface area contributed by atoms with Gasteiger partial charge >= 0.3 is 5.97 Å². The van der Waals surface area contributed by atoms with E-state index < -0.39 is 47.9 Å². The van der Waals surface area contributed by atoms with E-state index in [0.29, 0.717) is 5.69 Å². The molecule has 0 saturated carbocycles. The van der Waals surface area contributed by atoms with Crippen molar-refractivity contribution in [2.45, 2.75) is 37.0 Å². The van der Waals surface area contributed by atoms with Crippen LogP contribution in [0.5, 0.6) is 0 Å². The number of nitrogens with zero attached hydrogens (tertiary/aromatic N) is 1. The fourth-order valence-corrected chi connectivity index (χ4v) is 3.49. The van der Waals surface area contributed by atoms with E-state index in [2.05, 4.69) is 51.2 Å². The van der Waals surface area contributed by atoms with Gasteiger partial charge in [0.05, 0.1) is 12.4 Å². The van der Waals surface area contributed by atoms with Gasteiger partial charge in [-0.15, -0.1) is 0 Å². The highest BCUT2D eigenvalue weighted by Crippen LogP contribution is 2.06. The van der Waals surface area contributed by atoms with Crippen molar-refractivity contribution in [1.82, 2.24) is 25.9 Å². The van der Waals surface area contributed by atoms with Crippen LogP contribution < -0.4 is 21.7 Å². The summed E-state index contributed by atoms with van der Waals surface area (Å²) >= 11 is 8.00. The third-order valence-electron chi connectivity index (χ3n) is 4.86. The predicted octanol–water partition coefficient (Wildman–Crippen LogP) is -1.08. The van der Waals surface area contributed by atoms with Gasteiger partial charge in [0.2, 0.25) is 17.7 Å². The normalized spacial score (nSPS) is 14.3. The Morgan fingerprint density at radius 3 is 2.06 bits per heavy atom. The highest BCUT2D eigenvalue weighted by molar-refractivity contribution is 7.80. The van der Waals surface area contributed by atoms with Crippen molar-refractivity contribution in [2.75, 3.05) is 11.5 Å². The largest absolute Gasteiger partial charge is 0.480 e. The molecule has 0 bridgehead atoms. The number of benzene rings is 1. The van der Waals surface area contributed by atoms with Crippen LogP contribution >= 0.6 is 25.3 Å². The van der Waals surface area contributed by atoms with E-state index in [1.165, 1.54) is 6.33 Å². The lowest BCUT2D eigenvalue weighted by Crippen LogP contribution is -2.58. The average molecular weight is 509 g/mol. The van der Waals surface area contributed by atoms with E-state index in [9.17, 15) is 19.2 Å². The van der Waals surface area contributed by atoms with E-state index in [0.717, 1.165) is 5.56 Å². The monoisotopic (exact) mass is 508 g/mol. The molecule has 184 valence electrons. The topological polar surface area (TPSA) is 179 Å². The number of rotatable bonds is 13. The van der Waals surface area contributed by atoms with Gasteiger partial charge in [-0.05, 0) is 5.56 Å². The Kier molecular flexibility index (Phi) is 10.9. The quantitative estimate of drug-likeness (QED) is 0.159. The number of nitrogens with one attached hydrogen (secondary N) is 4. The number of nitrogens with two attached hydrogens (primary N) is 1. The number of H-pyrrole nitrogens is 1. The second kappa shape index (κ2) is 13.6. The molecule has 0 radical (unpaired) electrons. The summed E-state index contributed by atoms with van der Waals surface area (Å²) in [5.41, 5.74) is 7.43. The van der Waals surface area contributed by atoms with Crippen LogP contribution in [0.4, 0.5) is 0 Å². The molecule has 1 aromatic heterocycles. The third-order valence-corrected chi connectivity index (χ3v) is 5.59. The minimum atomic E-state index is -1.26. The predicted molar refractivity (Wildman–Crippen MR) is 132 cm³/mol. The van der Waals surface area contributed by atoms with Gasteiger partial charge in [0.1, 0.15) is 18.1 Å². The Morgan fingerprint density at radius 2 is 1.50 bits per heavy atom. The summed E-state index contributed by atoms with van der Waals surface area (Å²) in [4.78, 5) is 56.2. The molecule has 2 aromatic rings. The molecule has 1 aromatic carbocycles. The molecule has 0 aliphatic carbocycles. The number of carboxylic acids is 1. The number of carbonyl (C=O) groups excluding carboxylic acids is 3. The van der Waals surface area contributed by atoms with Gasteiger partial charge < -0.3 is 31.8 Å². The van der Waals surface area contributed by atoms with Crippen LogP contribution in [0.3, 0.4) is 0 Å². The summed E-state index contributed by atoms with van der Waals surface area (Å²) in [6, 6.07) is 4.65. The van der Waals surface area contributed by atoms with Crippen LogP contribution in [0.2, 0.25) is 0 Å². The minimum Gasteiger partial charge on any atom is -0.480 e. The zero-order chi connectivity index (χ0) is 25.1. The van der Waals surface area contributed by atoms with E-state index in [1.807, 2.05) is 6.07 Å². The number of aromatic nitrogens is 2. The molecular weight excluding hydrogens is 480 g/mol. The molecule has 0 aliphatic rings. The third kappa shape index (κ3) is 8.39. The van der Waals surface area contributed by atoms with Crippen LogP contribution in [-0.4, -0.2) is 74.4 Å². The van der Waals surface area contributed by atoms with E-state index >= 15 is 0 Å². The molecule has 0 saturated heterocycles. The van der Waals surface area contributed by atoms with E-state index in [4.69, 9.17) is 10.8 Å². The van der Waals surface area contributed by atoms with Gasteiger partial charge in [0.15, 0.2) is 0 Å². The van der Waals surface area contributed by atoms with Gasteiger partial charge in [-0.25, -0.2) is 9.78 Å². The number of imidazole rings is 1. The van der Waals surface area contributed by atoms with Gasteiger partial charge in [-0.2, -0.15) is 25.3 Å². The zero-order valence-corrected chi connectivity index (χ0v) is 20.0. The molecule has 7 N–H and O–H groups in total. The smallest absolute Gasteiger partial charge is 0.327 e. The van der Waals surface area contributed by atoms with E-state index in [-0.39, 0.29) is 24.3 Å². The van der Waals surface area contributed by atoms with Crippen molar-refractivity contribution in [2.24, 2.45) is 5.73 Å². The molecule has 34 heavy (non-hydrogen) atoms. The summed E-state index contributed by atoms with van der Waals surface area (Å²) < 4.78 is 0. The summed E-state index contributed by atoms with van der Waals surface area (Å²) in [5.74, 6) is -3.41. The lowest BCUT2D eigenvalue weighted by atomic mass is 10.0. The minimum absolute atomic E-state index is 0.0954. The summed E-state index contributed by atoms with van der Waals surface area (Å²) in [7, 11) is 0. The number of hydrogen-bond acceptors (Lipinski definition) is 8. The van der Waals surface area contributed by atoms with Crippen LogP contribution in [0, 0.1) is 0 Å². The maximum atomic E-state index is 13.1. The molecule has 3 amide bonds. The fraction of sp³-hybridized carbons (Fsp3) is 0.381. The lowest BCUT2D eigenvalue weighted by Gasteiger charge is -2.24. The number of thiol groups is 2. The first-order valence-corrected chi connectivity index (χ1v) is 11.6.